The summed E-state index contributed by atoms with van der Waals surface area (Å²) < 4.78 is 14.4. The number of benzene rings is 1. The Labute approximate surface area is 159 Å². The fourth-order valence-electron chi connectivity index (χ4n) is 3.90. The minimum Gasteiger partial charge on any atom is -0.314 e. The van der Waals surface area contributed by atoms with E-state index in [0.29, 0.717) is 12.0 Å². The van der Waals surface area contributed by atoms with Gasteiger partial charge in [0, 0.05) is 36.7 Å². The van der Waals surface area contributed by atoms with Crippen molar-refractivity contribution in [3.05, 3.63) is 34.1 Å². The van der Waals surface area contributed by atoms with Crippen LogP contribution in [0.4, 0.5) is 4.39 Å². The van der Waals surface area contributed by atoms with Gasteiger partial charge in [-0.15, -0.1) is 24.8 Å². The molecular weight excluding hydrogens is 402 g/mol. The maximum absolute atomic E-state index is 13.4. The summed E-state index contributed by atoms with van der Waals surface area (Å²) in [6.07, 6.45) is 6.66. The van der Waals surface area contributed by atoms with Crippen LogP contribution in [0.3, 0.4) is 0 Å². The van der Waals surface area contributed by atoms with Crippen molar-refractivity contribution in [3.8, 4) is 0 Å². The highest BCUT2D eigenvalue weighted by Crippen LogP contribution is 2.41. The van der Waals surface area contributed by atoms with Gasteiger partial charge in [-0.05, 0) is 36.5 Å². The number of nitrogens with zero attached hydrogens (tertiary/aromatic N) is 1. The fourth-order valence-corrected chi connectivity index (χ4v) is 4.49. The molecule has 0 unspecified atom stereocenters. The van der Waals surface area contributed by atoms with Crippen LogP contribution in [0.5, 0.6) is 0 Å². The van der Waals surface area contributed by atoms with Crippen LogP contribution in [-0.4, -0.2) is 31.1 Å². The van der Waals surface area contributed by atoms with Crippen LogP contribution < -0.4 is 5.32 Å². The summed E-state index contributed by atoms with van der Waals surface area (Å²) in [6.45, 7) is 4.29. The highest BCUT2D eigenvalue weighted by Gasteiger charge is 2.32. The first kappa shape index (κ1) is 21.2. The van der Waals surface area contributed by atoms with Crippen molar-refractivity contribution >= 4 is 40.7 Å². The molecule has 2 fully saturated rings. The van der Waals surface area contributed by atoms with E-state index in [4.69, 9.17) is 0 Å². The monoisotopic (exact) mass is 426 g/mol. The van der Waals surface area contributed by atoms with Crippen LogP contribution in [0.1, 0.15) is 43.7 Å². The van der Waals surface area contributed by atoms with Crippen molar-refractivity contribution in [3.63, 3.8) is 0 Å². The molecule has 1 saturated heterocycles. The molecule has 0 amide bonds. The molecule has 1 aliphatic heterocycles. The van der Waals surface area contributed by atoms with Crippen molar-refractivity contribution in [2.45, 2.75) is 38.1 Å². The lowest BCUT2D eigenvalue weighted by atomic mass is 9.80. The molecule has 2 aliphatic rings. The lowest BCUT2D eigenvalue weighted by molar-refractivity contribution is 0.103. The Morgan fingerprint density at radius 3 is 2.35 bits per heavy atom. The van der Waals surface area contributed by atoms with Crippen LogP contribution in [0.25, 0.3) is 0 Å². The average molecular weight is 428 g/mol. The molecule has 1 aromatic rings. The number of nitrogens with one attached hydrogen (secondary N) is 1. The van der Waals surface area contributed by atoms with E-state index in [0.717, 1.165) is 30.7 Å². The first-order valence-electron chi connectivity index (χ1n) is 8.15. The second-order valence-corrected chi connectivity index (χ2v) is 7.15. The van der Waals surface area contributed by atoms with Gasteiger partial charge in [-0.3, -0.25) is 4.90 Å². The third-order valence-electron chi connectivity index (χ3n) is 4.92. The van der Waals surface area contributed by atoms with Gasteiger partial charge in [0.2, 0.25) is 0 Å². The van der Waals surface area contributed by atoms with Gasteiger partial charge in [0.05, 0.1) is 0 Å². The summed E-state index contributed by atoms with van der Waals surface area (Å²) in [5.74, 6) is 0.548. The predicted octanol–water partition coefficient (Wildman–Crippen LogP) is 4.96. The molecule has 1 aromatic carbocycles. The molecule has 0 bridgehead atoms. The summed E-state index contributed by atoms with van der Waals surface area (Å²) >= 11 is 3.60. The minimum absolute atomic E-state index is 0. The average Bonchev–Trinajstić information content (AvgIpc) is 2.52. The zero-order valence-corrected chi connectivity index (χ0v) is 16.5. The molecule has 1 N–H and O–H groups in total. The quantitative estimate of drug-likeness (QED) is 0.733. The van der Waals surface area contributed by atoms with Gasteiger partial charge in [0.15, 0.2) is 0 Å². The summed E-state index contributed by atoms with van der Waals surface area (Å²) in [6, 6.07) is 5.65. The molecule has 0 aromatic heterocycles. The van der Waals surface area contributed by atoms with E-state index < -0.39 is 0 Å². The van der Waals surface area contributed by atoms with Gasteiger partial charge in [0.1, 0.15) is 5.82 Å². The van der Waals surface area contributed by atoms with Crippen molar-refractivity contribution in [2.75, 3.05) is 26.2 Å². The van der Waals surface area contributed by atoms with Crippen LogP contribution in [0.2, 0.25) is 0 Å². The molecular formula is C17H26BrCl2FN2. The largest absolute Gasteiger partial charge is 0.314 e. The Morgan fingerprint density at radius 2 is 1.74 bits per heavy atom. The van der Waals surface area contributed by atoms with E-state index in [9.17, 15) is 4.39 Å². The summed E-state index contributed by atoms with van der Waals surface area (Å²) in [4.78, 5) is 2.60. The zero-order chi connectivity index (χ0) is 14.7. The van der Waals surface area contributed by atoms with Crippen molar-refractivity contribution < 1.29 is 4.39 Å². The van der Waals surface area contributed by atoms with Crippen molar-refractivity contribution in [1.82, 2.24) is 10.2 Å². The maximum atomic E-state index is 13.4. The normalized spacial score (nSPS) is 21.1. The lowest BCUT2D eigenvalue weighted by Crippen LogP contribution is -2.47. The molecule has 132 valence electrons. The maximum Gasteiger partial charge on any atom is 0.124 e. The van der Waals surface area contributed by atoms with Crippen molar-refractivity contribution in [2.24, 2.45) is 5.92 Å². The van der Waals surface area contributed by atoms with Gasteiger partial charge >= 0.3 is 0 Å². The summed E-state index contributed by atoms with van der Waals surface area (Å²) in [5, 5.41) is 3.43. The first-order valence-corrected chi connectivity index (χ1v) is 8.95. The number of rotatable bonds is 3. The number of halogens is 4. The Morgan fingerprint density at radius 1 is 1.09 bits per heavy atom. The fraction of sp³-hybridized carbons (Fsp3) is 0.647. The number of piperazine rings is 1. The molecule has 1 heterocycles. The molecule has 2 nitrogen and oxygen atoms in total. The first-order chi connectivity index (χ1) is 10.3. The molecule has 0 radical (unpaired) electrons. The molecule has 6 heteroatoms. The molecule has 1 saturated carbocycles. The second-order valence-electron chi connectivity index (χ2n) is 6.29. The van der Waals surface area contributed by atoms with E-state index >= 15 is 0 Å². The van der Waals surface area contributed by atoms with Gasteiger partial charge in [-0.25, -0.2) is 4.39 Å². The van der Waals surface area contributed by atoms with E-state index in [1.807, 2.05) is 6.07 Å². The molecule has 0 spiro atoms. The number of hydrogen-bond acceptors (Lipinski definition) is 2. The molecule has 1 atom stereocenters. The Balaban J connectivity index is 0.00000132. The predicted molar refractivity (Wildman–Crippen MR) is 102 cm³/mol. The van der Waals surface area contributed by atoms with E-state index in [1.165, 1.54) is 37.7 Å². The topological polar surface area (TPSA) is 15.3 Å². The van der Waals surface area contributed by atoms with Gasteiger partial charge in [-0.1, -0.05) is 41.3 Å². The summed E-state index contributed by atoms with van der Waals surface area (Å²) in [7, 11) is 0. The van der Waals surface area contributed by atoms with E-state index in [2.05, 4.69) is 26.1 Å². The standard InChI is InChI=1S/C17H24BrFN2.2ClH/c18-16-12-14(19)6-7-15(16)17(13-4-2-1-3-5-13)21-10-8-20-9-11-21;;/h6-7,12-13,17,20H,1-5,8-11H2;2*1H/t17-;;/m1../s1. The van der Waals surface area contributed by atoms with Crippen molar-refractivity contribution in [1.29, 1.82) is 0 Å². The third kappa shape index (κ3) is 5.30. The molecule has 3 rings (SSSR count). The minimum atomic E-state index is -0.159. The van der Waals surface area contributed by atoms with Crippen LogP contribution in [0, 0.1) is 11.7 Å². The van der Waals surface area contributed by atoms with Crippen LogP contribution in [0.15, 0.2) is 22.7 Å². The highest BCUT2D eigenvalue weighted by molar-refractivity contribution is 9.10. The lowest BCUT2D eigenvalue weighted by Gasteiger charge is -2.41. The van der Waals surface area contributed by atoms with Gasteiger partial charge < -0.3 is 5.32 Å². The van der Waals surface area contributed by atoms with Gasteiger partial charge in [0.25, 0.3) is 0 Å². The SMILES string of the molecule is Cl.Cl.Fc1ccc([C@@H](C2CCCCC2)N2CCNCC2)c(Br)c1. The van der Waals surface area contributed by atoms with Gasteiger partial charge in [-0.2, -0.15) is 0 Å². The van der Waals surface area contributed by atoms with Crippen LogP contribution >= 0.6 is 40.7 Å². The Bertz CT molecular complexity index is 460. The zero-order valence-electron chi connectivity index (χ0n) is 13.3. The highest BCUT2D eigenvalue weighted by atomic mass is 79.9. The second kappa shape index (κ2) is 10.2. The van der Waals surface area contributed by atoms with E-state index in [-0.39, 0.29) is 30.6 Å². The Hall–Kier alpha value is 0.130. The smallest absolute Gasteiger partial charge is 0.124 e. The van der Waals surface area contributed by atoms with E-state index in [1.54, 1.807) is 12.1 Å². The summed E-state index contributed by atoms with van der Waals surface area (Å²) in [5.41, 5.74) is 1.27. The number of hydrogen-bond donors (Lipinski definition) is 1. The van der Waals surface area contributed by atoms with Crippen LogP contribution in [-0.2, 0) is 0 Å². The molecule has 1 aliphatic carbocycles. The Kier molecular flexibility index (Phi) is 9.39. The molecule has 23 heavy (non-hydrogen) atoms. The third-order valence-corrected chi connectivity index (χ3v) is 5.61.